The average molecular weight is 459 g/mol. The van der Waals surface area contributed by atoms with Crippen LogP contribution in [0.15, 0.2) is 59.0 Å². The van der Waals surface area contributed by atoms with E-state index in [-0.39, 0.29) is 10.8 Å². The Labute approximate surface area is 189 Å². The highest BCUT2D eigenvalue weighted by molar-refractivity contribution is 7.89. The first kappa shape index (κ1) is 22.1. The van der Waals surface area contributed by atoms with Gasteiger partial charge < -0.3 is 4.90 Å². The predicted octanol–water partition coefficient (Wildman–Crippen LogP) is 5.10. The van der Waals surface area contributed by atoms with Gasteiger partial charge in [-0.1, -0.05) is 29.3 Å². The molecule has 1 aliphatic carbocycles. The van der Waals surface area contributed by atoms with Crippen LogP contribution >= 0.6 is 11.6 Å². The zero-order chi connectivity index (χ0) is 21.8. The minimum Gasteiger partial charge on any atom is -0.308 e. The number of nitrogens with zero attached hydrogens (tertiary/aromatic N) is 1. The summed E-state index contributed by atoms with van der Waals surface area (Å²) in [6.45, 7) is 1.00. The van der Waals surface area contributed by atoms with E-state index in [0.29, 0.717) is 23.7 Å². The molecule has 31 heavy (non-hydrogen) atoms. The summed E-state index contributed by atoms with van der Waals surface area (Å²) in [5.41, 5.74) is 3.51. The van der Waals surface area contributed by atoms with Gasteiger partial charge in [0.1, 0.15) is 0 Å². The number of hydrogen-bond donors (Lipinski definition) is 1. The van der Waals surface area contributed by atoms with Crippen molar-refractivity contribution in [1.29, 1.82) is 0 Å². The van der Waals surface area contributed by atoms with Crippen LogP contribution < -0.4 is 9.62 Å². The SMILES string of the molecule is O=C(c1cccc(Cl)c1)N1CCCc2cc(S(=O)(=O)NCCC3=CCCCC3)ccc21. The fourth-order valence-electron chi connectivity index (χ4n) is 4.29. The molecule has 2 aromatic carbocycles. The van der Waals surface area contributed by atoms with Gasteiger partial charge in [0.2, 0.25) is 10.0 Å². The molecule has 4 rings (SSSR count). The Kier molecular flexibility index (Phi) is 6.80. The van der Waals surface area contributed by atoms with Crippen molar-refractivity contribution in [3.63, 3.8) is 0 Å². The smallest absolute Gasteiger partial charge is 0.258 e. The summed E-state index contributed by atoms with van der Waals surface area (Å²) in [6.07, 6.45) is 9.09. The maximum atomic E-state index is 13.0. The van der Waals surface area contributed by atoms with E-state index in [1.807, 2.05) is 0 Å². The third kappa shape index (κ3) is 5.20. The quantitative estimate of drug-likeness (QED) is 0.612. The minimum atomic E-state index is -3.59. The van der Waals surface area contributed by atoms with Crippen LogP contribution in [0.2, 0.25) is 5.02 Å². The molecule has 1 amide bonds. The minimum absolute atomic E-state index is 0.127. The molecule has 0 saturated carbocycles. The van der Waals surface area contributed by atoms with Crippen LogP contribution in [-0.2, 0) is 16.4 Å². The molecule has 2 aliphatic rings. The number of benzene rings is 2. The van der Waals surface area contributed by atoms with E-state index in [4.69, 9.17) is 11.6 Å². The van der Waals surface area contributed by atoms with Gasteiger partial charge in [-0.25, -0.2) is 13.1 Å². The van der Waals surface area contributed by atoms with Gasteiger partial charge in [0.05, 0.1) is 4.90 Å². The number of carbonyl (C=O) groups excluding carboxylic acids is 1. The van der Waals surface area contributed by atoms with Crippen molar-refractivity contribution in [1.82, 2.24) is 4.72 Å². The van der Waals surface area contributed by atoms with E-state index in [0.717, 1.165) is 43.4 Å². The zero-order valence-corrected chi connectivity index (χ0v) is 19.0. The number of halogens is 1. The molecule has 5 nitrogen and oxygen atoms in total. The molecule has 7 heteroatoms. The summed E-state index contributed by atoms with van der Waals surface area (Å²) < 4.78 is 28.3. The van der Waals surface area contributed by atoms with Crippen molar-refractivity contribution < 1.29 is 13.2 Å². The monoisotopic (exact) mass is 458 g/mol. The number of sulfonamides is 1. The Morgan fingerprint density at radius 3 is 2.71 bits per heavy atom. The molecule has 0 atom stereocenters. The van der Waals surface area contributed by atoms with Crippen molar-refractivity contribution in [3.8, 4) is 0 Å². The van der Waals surface area contributed by atoms with E-state index < -0.39 is 10.0 Å². The topological polar surface area (TPSA) is 66.5 Å². The van der Waals surface area contributed by atoms with Crippen LogP contribution in [0.1, 0.15) is 54.4 Å². The number of anilines is 1. The summed E-state index contributed by atoms with van der Waals surface area (Å²) in [4.78, 5) is 15.0. The molecule has 0 aromatic heterocycles. The highest BCUT2D eigenvalue weighted by Crippen LogP contribution is 2.31. The van der Waals surface area contributed by atoms with E-state index in [2.05, 4.69) is 10.8 Å². The number of allylic oxidation sites excluding steroid dienone is 1. The van der Waals surface area contributed by atoms with Crippen molar-refractivity contribution in [3.05, 3.63) is 70.3 Å². The number of nitrogens with one attached hydrogen (secondary N) is 1. The molecule has 1 heterocycles. The molecule has 0 unspecified atom stereocenters. The largest absolute Gasteiger partial charge is 0.308 e. The molecule has 0 radical (unpaired) electrons. The Balaban J connectivity index is 1.49. The van der Waals surface area contributed by atoms with Gasteiger partial charge in [-0.2, -0.15) is 0 Å². The third-order valence-electron chi connectivity index (χ3n) is 5.92. The first-order valence-corrected chi connectivity index (χ1v) is 12.7. The molecule has 1 aliphatic heterocycles. The molecular weight excluding hydrogens is 432 g/mol. The molecule has 0 fully saturated rings. The lowest BCUT2D eigenvalue weighted by Crippen LogP contribution is -2.35. The van der Waals surface area contributed by atoms with Crippen molar-refractivity contribution in [2.45, 2.75) is 49.8 Å². The molecule has 164 valence electrons. The Morgan fingerprint density at radius 1 is 1.06 bits per heavy atom. The van der Waals surface area contributed by atoms with Gasteiger partial charge in [0, 0.05) is 29.4 Å². The fourth-order valence-corrected chi connectivity index (χ4v) is 5.56. The molecule has 0 saturated heterocycles. The van der Waals surface area contributed by atoms with Crippen molar-refractivity contribution >= 4 is 33.2 Å². The Bertz CT molecular complexity index is 1110. The summed E-state index contributed by atoms with van der Waals surface area (Å²) >= 11 is 6.04. The van der Waals surface area contributed by atoms with Crippen molar-refractivity contribution in [2.75, 3.05) is 18.0 Å². The van der Waals surface area contributed by atoms with Crippen LogP contribution in [0.4, 0.5) is 5.69 Å². The number of carbonyl (C=O) groups is 1. The lowest BCUT2D eigenvalue weighted by molar-refractivity contribution is 0.0985. The van der Waals surface area contributed by atoms with Crippen LogP contribution in [0, 0.1) is 0 Å². The third-order valence-corrected chi connectivity index (χ3v) is 7.61. The molecule has 1 N–H and O–H groups in total. The van der Waals surface area contributed by atoms with E-state index in [9.17, 15) is 13.2 Å². The van der Waals surface area contributed by atoms with Crippen LogP contribution in [0.25, 0.3) is 0 Å². The Hall–Kier alpha value is -2.15. The van der Waals surface area contributed by atoms with Crippen LogP contribution in [-0.4, -0.2) is 27.4 Å². The van der Waals surface area contributed by atoms with E-state index in [1.54, 1.807) is 47.4 Å². The standard InChI is InChI=1S/C24H27ClN2O3S/c25-21-10-4-8-20(16-21)24(28)27-15-5-9-19-17-22(11-12-23(19)27)31(29,30)26-14-13-18-6-2-1-3-7-18/h4,6,8,10-12,16-17,26H,1-3,5,7,9,13-15H2. The first-order chi connectivity index (χ1) is 14.9. The van der Waals surface area contributed by atoms with Crippen molar-refractivity contribution in [2.24, 2.45) is 0 Å². The summed E-state index contributed by atoms with van der Waals surface area (Å²) in [5.74, 6) is -0.127. The fraction of sp³-hybridized carbons (Fsp3) is 0.375. The highest BCUT2D eigenvalue weighted by atomic mass is 35.5. The second kappa shape index (κ2) is 9.55. The van der Waals surface area contributed by atoms with Gasteiger partial charge in [0.15, 0.2) is 0 Å². The molecule has 0 bridgehead atoms. The van der Waals surface area contributed by atoms with Gasteiger partial charge in [-0.15, -0.1) is 0 Å². The molecule has 0 spiro atoms. The van der Waals surface area contributed by atoms with Gasteiger partial charge in [0.25, 0.3) is 5.91 Å². The lowest BCUT2D eigenvalue weighted by Gasteiger charge is -2.30. The van der Waals surface area contributed by atoms with E-state index in [1.165, 1.54) is 18.4 Å². The predicted molar refractivity (Wildman–Crippen MR) is 124 cm³/mol. The number of aryl methyl sites for hydroxylation is 1. The Morgan fingerprint density at radius 2 is 1.94 bits per heavy atom. The molecule has 2 aromatic rings. The zero-order valence-electron chi connectivity index (χ0n) is 17.4. The first-order valence-electron chi connectivity index (χ1n) is 10.8. The van der Waals surface area contributed by atoms with E-state index >= 15 is 0 Å². The normalized spacial score (nSPS) is 16.5. The maximum absolute atomic E-state index is 13.0. The number of amides is 1. The second-order valence-corrected chi connectivity index (χ2v) is 10.3. The summed E-state index contributed by atoms with van der Waals surface area (Å²) in [5, 5.41) is 0.514. The van der Waals surface area contributed by atoms with Gasteiger partial charge in [-0.3, -0.25) is 4.79 Å². The van der Waals surface area contributed by atoms with Gasteiger partial charge in [-0.05, 0) is 86.9 Å². The highest BCUT2D eigenvalue weighted by Gasteiger charge is 2.25. The average Bonchev–Trinajstić information content (AvgIpc) is 2.78. The number of hydrogen-bond acceptors (Lipinski definition) is 3. The summed E-state index contributed by atoms with van der Waals surface area (Å²) in [6, 6.07) is 11.9. The summed E-state index contributed by atoms with van der Waals surface area (Å²) in [7, 11) is -3.59. The number of rotatable bonds is 6. The van der Waals surface area contributed by atoms with Crippen LogP contribution in [0.3, 0.4) is 0 Å². The maximum Gasteiger partial charge on any atom is 0.258 e. The second-order valence-electron chi connectivity index (χ2n) is 8.12. The number of fused-ring (bicyclic) bond motifs is 1. The van der Waals surface area contributed by atoms with Gasteiger partial charge >= 0.3 is 0 Å². The lowest BCUT2D eigenvalue weighted by atomic mass is 9.97. The van der Waals surface area contributed by atoms with Crippen LogP contribution in [0.5, 0.6) is 0 Å². The molecular formula is C24H27ClN2O3S.